The van der Waals surface area contributed by atoms with E-state index in [1.165, 1.54) is 12.0 Å². The normalized spacial score (nSPS) is 29.0. The largest absolute Gasteiger partial charge is 0.396 e. The number of hydrogen-bond acceptors (Lipinski definition) is 8. The van der Waals surface area contributed by atoms with E-state index in [2.05, 4.69) is 37.3 Å². The van der Waals surface area contributed by atoms with Gasteiger partial charge in [-0.25, -0.2) is 15.0 Å². The van der Waals surface area contributed by atoms with Gasteiger partial charge in [0, 0.05) is 37.3 Å². The van der Waals surface area contributed by atoms with Gasteiger partial charge >= 0.3 is 0 Å². The van der Waals surface area contributed by atoms with Gasteiger partial charge in [0.2, 0.25) is 0 Å². The summed E-state index contributed by atoms with van der Waals surface area (Å²) in [7, 11) is 0. The van der Waals surface area contributed by atoms with Crippen molar-refractivity contribution in [3.05, 3.63) is 43.0 Å². The summed E-state index contributed by atoms with van der Waals surface area (Å²) >= 11 is 0. The summed E-state index contributed by atoms with van der Waals surface area (Å²) in [5.41, 5.74) is 2.47. The van der Waals surface area contributed by atoms with Crippen LogP contribution in [0, 0.1) is 5.92 Å². The van der Waals surface area contributed by atoms with Crippen LogP contribution in [0.15, 0.2) is 43.0 Å². The third kappa shape index (κ3) is 3.28. The van der Waals surface area contributed by atoms with Gasteiger partial charge in [0.25, 0.3) is 0 Å². The molecule has 1 saturated carbocycles. The van der Waals surface area contributed by atoms with Crippen molar-refractivity contribution in [3.63, 3.8) is 0 Å². The Bertz CT molecular complexity index is 1010. The molecule has 1 saturated heterocycles. The lowest BCUT2D eigenvalue weighted by Crippen LogP contribution is -2.30. The van der Waals surface area contributed by atoms with E-state index in [-0.39, 0.29) is 24.6 Å². The second kappa shape index (κ2) is 7.82. The molecule has 4 N–H and O–H groups in total. The minimum atomic E-state index is -0.972. The topological polar surface area (TPSA) is 120 Å². The van der Waals surface area contributed by atoms with Crippen LogP contribution < -0.4 is 10.2 Å². The average Bonchev–Trinajstić information content (AvgIpc) is 3.48. The molecule has 1 aliphatic heterocycles. The predicted molar refractivity (Wildman–Crippen MR) is 112 cm³/mol. The lowest BCUT2D eigenvalue weighted by molar-refractivity contribution is -0.00370. The highest BCUT2D eigenvalue weighted by molar-refractivity contribution is 5.83. The van der Waals surface area contributed by atoms with Crippen LogP contribution in [0.4, 0.5) is 11.5 Å². The van der Waals surface area contributed by atoms with Crippen molar-refractivity contribution in [3.8, 4) is 0 Å². The molecule has 0 amide bonds. The van der Waals surface area contributed by atoms with E-state index in [9.17, 15) is 15.3 Å². The van der Waals surface area contributed by atoms with E-state index in [1.807, 2.05) is 18.2 Å². The molecule has 2 aliphatic rings. The molecule has 9 nitrogen and oxygen atoms in total. The molecule has 5 atom stereocenters. The molecule has 0 unspecified atom stereocenters. The lowest BCUT2D eigenvalue weighted by Gasteiger charge is -2.19. The maximum Gasteiger partial charge on any atom is 0.165 e. The number of benzene rings is 1. The highest BCUT2D eigenvalue weighted by Gasteiger charge is 2.42. The summed E-state index contributed by atoms with van der Waals surface area (Å²) in [5.74, 6) is 0.315. The monoisotopic (exact) mass is 410 g/mol. The number of anilines is 2. The van der Waals surface area contributed by atoms with Crippen LogP contribution >= 0.6 is 0 Å². The third-order valence-corrected chi connectivity index (χ3v) is 6.37. The Morgan fingerprint density at radius 3 is 2.67 bits per heavy atom. The molecule has 2 aromatic heterocycles. The number of para-hydroxylation sites is 1. The number of nitrogens with zero attached hydrogens (tertiary/aromatic N) is 5. The van der Waals surface area contributed by atoms with Crippen molar-refractivity contribution in [2.24, 2.45) is 5.92 Å². The smallest absolute Gasteiger partial charge is 0.165 e. The molecule has 5 rings (SSSR count). The molecule has 1 aliphatic carbocycles. The maximum atomic E-state index is 10.5. The van der Waals surface area contributed by atoms with Crippen molar-refractivity contribution < 1.29 is 15.3 Å². The van der Waals surface area contributed by atoms with E-state index < -0.39 is 12.2 Å². The van der Waals surface area contributed by atoms with E-state index in [0.29, 0.717) is 23.4 Å². The lowest BCUT2D eigenvalue weighted by atomic mass is 10.1. The Balaban J connectivity index is 1.36. The number of aliphatic hydroxyl groups is 3. The number of aromatic nitrogens is 4. The van der Waals surface area contributed by atoms with Gasteiger partial charge in [0.15, 0.2) is 11.5 Å². The van der Waals surface area contributed by atoms with Crippen LogP contribution in [0.25, 0.3) is 11.2 Å². The van der Waals surface area contributed by atoms with Crippen molar-refractivity contribution in [2.45, 2.75) is 37.1 Å². The van der Waals surface area contributed by atoms with E-state index in [1.54, 1.807) is 10.9 Å². The molecule has 1 aromatic carbocycles. The predicted octanol–water partition coefficient (Wildman–Crippen LogP) is 0.792. The van der Waals surface area contributed by atoms with Crippen LogP contribution in [0.1, 0.15) is 18.9 Å². The van der Waals surface area contributed by atoms with Crippen LogP contribution in [0.3, 0.4) is 0 Å². The Kier molecular flexibility index (Phi) is 5.01. The first-order chi connectivity index (χ1) is 14.7. The number of aliphatic hydroxyl groups excluding tert-OH is 3. The van der Waals surface area contributed by atoms with Crippen LogP contribution in [0.5, 0.6) is 0 Å². The molecule has 3 heterocycles. The minimum absolute atomic E-state index is 0.164. The zero-order valence-corrected chi connectivity index (χ0v) is 16.5. The number of rotatable bonds is 5. The Morgan fingerprint density at radius 1 is 1.07 bits per heavy atom. The van der Waals surface area contributed by atoms with Crippen molar-refractivity contribution in [2.75, 3.05) is 29.9 Å². The van der Waals surface area contributed by atoms with Crippen molar-refractivity contribution in [1.29, 1.82) is 0 Å². The van der Waals surface area contributed by atoms with Crippen molar-refractivity contribution >= 4 is 22.7 Å². The fourth-order valence-electron chi connectivity index (χ4n) is 4.70. The summed E-state index contributed by atoms with van der Waals surface area (Å²) in [6.07, 6.45) is 2.65. The van der Waals surface area contributed by atoms with Gasteiger partial charge in [-0.15, -0.1) is 0 Å². The SMILES string of the molecule is OC[C@H]1C[C@@H](n2cnc3c(N[C@H]4CCN(c5ccccc5)C4)ncnc32)[C@H](O)[C@@H]1O. The molecule has 0 radical (unpaired) electrons. The molecule has 3 aromatic rings. The van der Waals surface area contributed by atoms with Crippen LogP contribution in [0.2, 0.25) is 0 Å². The zero-order valence-electron chi connectivity index (χ0n) is 16.5. The zero-order chi connectivity index (χ0) is 20.7. The molecule has 2 fully saturated rings. The molecular formula is C21H26N6O3. The first-order valence-corrected chi connectivity index (χ1v) is 10.4. The molecular weight excluding hydrogens is 384 g/mol. The number of fused-ring (bicyclic) bond motifs is 1. The van der Waals surface area contributed by atoms with Gasteiger partial charge in [0.05, 0.1) is 18.5 Å². The summed E-state index contributed by atoms with van der Waals surface area (Å²) < 4.78 is 1.79. The van der Waals surface area contributed by atoms with E-state index in [4.69, 9.17) is 0 Å². The van der Waals surface area contributed by atoms with Gasteiger partial charge < -0.3 is 30.1 Å². The molecule has 0 spiro atoms. The third-order valence-electron chi connectivity index (χ3n) is 6.37. The number of nitrogens with one attached hydrogen (secondary N) is 1. The molecule has 0 bridgehead atoms. The Hall–Kier alpha value is -2.75. The second-order valence-corrected chi connectivity index (χ2v) is 8.18. The van der Waals surface area contributed by atoms with Crippen LogP contribution in [-0.2, 0) is 0 Å². The van der Waals surface area contributed by atoms with Gasteiger partial charge in [-0.3, -0.25) is 0 Å². The molecule has 158 valence electrons. The molecule has 9 heteroatoms. The summed E-state index contributed by atoms with van der Waals surface area (Å²) in [6, 6.07) is 10.2. The highest BCUT2D eigenvalue weighted by Crippen LogP contribution is 2.37. The van der Waals surface area contributed by atoms with Gasteiger partial charge in [-0.05, 0) is 25.0 Å². The van der Waals surface area contributed by atoms with E-state index >= 15 is 0 Å². The van der Waals surface area contributed by atoms with Gasteiger partial charge in [0.1, 0.15) is 17.9 Å². The van der Waals surface area contributed by atoms with Crippen LogP contribution in [-0.4, -0.2) is 72.8 Å². The van der Waals surface area contributed by atoms with Gasteiger partial charge in [-0.2, -0.15) is 0 Å². The minimum Gasteiger partial charge on any atom is -0.396 e. The standard InChI is InChI=1S/C21H26N6O3/c28-10-13-8-16(19(30)18(13)29)27-12-24-17-20(22-11-23-21(17)27)25-14-6-7-26(9-14)15-4-2-1-3-5-15/h1-5,11-14,16,18-19,28-30H,6-10H2,(H,22,23,25)/t13-,14+,16-,18-,19+/m1/s1. The number of hydrogen-bond donors (Lipinski definition) is 4. The first-order valence-electron chi connectivity index (χ1n) is 10.4. The maximum absolute atomic E-state index is 10.5. The Labute approximate surface area is 174 Å². The van der Waals surface area contributed by atoms with Crippen molar-refractivity contribution in [1.82, 2.24) is 19.5 Å². The fraction of sp³-hybridized carbons (Fsp3) is 0.476. The quantitative estimate of drug-likeness (QED) is 0.488. The second-order valence-electron chi connectivity index (χ2n) is 8.18. The van der Waals surface area contributed by atoms with E-state index in [0.717, 1.165) is 19.5 Å². The fourth-order valence-corrected chi connectivity index (χ4v) is 4.70. The van der Waals surface area contributed by atoms with Gasteiger partial charge in [-0.1, -0.05) is 18.2 Å². The number of imidazole rings is 1. The first kappa shape index (κ1) is 19.2. The highest BCUT2D eigenvalue weighted by atomic mass is 16.3. The summed E-state index contributed by atoms with van der Waals surface area (Å²) in [4.78, 5) is 15.6. The summed E-state index contributed by atoms with van der Waals surface area (Å²) in [5, 5.41) is 33.6. The summed E-state index contributed by atoms with van der Waals surface area (Å²) in [6.45, 7) is 1.68. The molecule has 30 heavy (non-hydrogen) atoms. The Morgan fingerprint density at radius 2 is 1.90 bits per heavy atom. The average molecular weight is 410 g/mol.